The van der Waals surface area contributed by atoms with Crippen molar-refractivity contribution in [1.82, 2.24) is 10.6 Å². The zero-order chi connectivity index (χ0) is 23.1. The number of ether oxygens (including phenoxy) is 2. The minimum atomic E-state index is -1.16. The fourth-order valence-corrected chi connectivity index (χ4v) is 3.86. The highest BCUT2D eigenvalue weighted by molar-refractivity contribution is 5.89. The van der Waals surface area contributed by atoms with Gasteiger partial charge < -0.3 is 25.2 Å². The summed E-state index contributed by atoms with van der Waals surface area (Å²) in [5.74, 6) is -1.83. The van der Waals surface area contributed by atoms with Gasteiger partial charge in [-0.2, -0.15) is 0 Å². The predicted octanol–water partition coefficient (Wildman–Crippen LogP) is 2.91. The first-order valence-corrected chi connectivity index (χ1v) is 10.6. The third-order valence-electron chi connectivity index (χ3n) is 5.52. The van der Waals surface area contributed by atoms with Gasteiger partial charge >= 0.3 is 12.1 Å². The van der Waals surface area contributed by atoms with Gasteiger partial charge in [0.05, 0.1) is 0 Å². The van der Waals surface area contributed by atoms with Crippen molar-refractivity contribution in [3.05, 3.63) is 59.7 Å². The Morgan fingerprint density at radius 1 is 1.00 bits per heavy atom. The van der Waals surface area contributed by atoms with Crippen LogP contribution in [-0.2, 0) is 19.1 Å². The van der Waals surface area contributed by atoms with Crippen molar-refractivity contribution in [2.45, 2.75) is 37.8 Å². The summed E-state index contributed by atoms with van der Waals surface area (Å²) >= 11 is 0. The molecule has 0 bridgehead atoms. The molecule has 3 N–H and O–H groups in total. The fraction of sp³-hybridized carbons (Fsp3) is 0.375. The Labute approximate surface area is 186 Å². The monoisotopic (exact) mass is 440 g/mol. The molecule has 8 heteroatoms. The van der Waals surface area contributed by atoms with Gasteiger partial charge in [0.2, 0.25) is 5.91 Å². The molecule has 0 saturated heterocycles. The van der Waals surface area contributed by atoms with E-state index >= 15 is 0 Å². The summed E-state index contributed by atoms with van der Waals surface area (Å²) in [6.07, 6.45) is 0.0722. The Bertz CT molecular complexity index is 931. The van der Waals surface area contributed by atoms with Crippen molar-refractivity contribution in [2.75, 3.05) is 20.3 Å². The van der Waals surface area contributed by atoms with Crippen LogP contribution in [0.5, 0.6) is 0 Å². The number of rotatable bonds is 10. The average Bonchev–Trinajstić information content (AvgIpc) is 3.10. The van der Waals surface area contributed by atoms with Crippen LogP contribution in [0.15, 0.2) is 48.5 Å². The topological polar surface area (TPSA) is 114 Å². The normalized spacial score (nSPS) is 14.1. The van der Waals surface area contributed by atoms with Crippen molar-refractivity contribution in [2.24, 2.45) is 0 Å². The van der Waals surface area contributed by atoms with E-state index in [2.05, 4.69) is 10.6 Å². The van der Waals surface area contributed by atoms with Gasteiger partial charge in [-0.15, -0.1) is 0 Å². The molecule has 0 aliphatic heterocycles. The third-order valence-corrected chi connectivity index (χ3v) is 5.52. The second-order valence-electron chi connectivity index (χ2n) is 7.73. The molecule has 0 aromatic heterocycles. The number of carboxylic acid groups (broad SMARTS) is 1. The van der Waals surface area contributed by atoms with Crippen molar-refractivity contribution in [3.8, 4) is 11.1 Å². The van der Waals surface area contributed by atoms with Gasteiger partial charge in [-0.3, -0.25) is 9.59 Å². The van der Waals surface area contributed by atoms with E-state index in [0.717, 1.165) is 22.3 Å². The maximum Gasteiger partial charge on any atom is 0.407 e. The third kappa shape index (κ3) is 5.45. The standard InChI is InChI=1S/C24H28N2O6/c1-15(23(28)29)25-22(27)21(12-7-13-31-2)26-24(30)32-14-20-18-10-5-3-8-16(18)17-9-4-6-11-19(17)20/h3-6,8-11,15,20-21H,7,12-14H2,1-2H3,(H,25,27)(H,26,30)(H,28,29). The van der Waals surface area contributed by atoms with E-state index in [4.69, 9.17) is 14.6 Å². The summed E-state index contributed by atoms with van der Waals surface area (Å²) < 4.78 is 10.5. The summed E-state index contributed by atoms with van der Waals surface area (Å²) in [7, 11) is 1.54. The second-order valence-corrected chi connectivity index (χ2v) is 7.73. The number of aliphatic carboxylic acids is 1. The lowest BCUT2D eigenvalue weighted by atomic mass is 9.98. The Hall–Kier alpha value is -3.39. The molecule has 0 saturated carbocycles. The molecule has 170 valence electrons. The first-order valence-electron chi connectivity index (χ1n) is 10.6. The van der Waals surface area contributed by atoms with E-state index in [1.807, 2.05) is 48.5 Å². The van der Waals surface area contributed by atoms with Crippen molar-refractivity contribution in [1.29, 1.82) is 0 Å². The predicted molar refractivity (Wildman–Crippen MR) is 118 cm³/mol. The SMILES string of the molecule is COCCCC(NC(=O)OCC1c2ccccc2-c2ccccc21)C(=O)NC(C)C(=O)O. The van der Waals surface area contributed by atoms with Crippen LogP contribution in [0, 0.1) is 0 Å². The highest BCUT2D eigenvalue weighted by Gasteiger charge is 2.30. The number of fused-ring (bicyclic) bond motifs is 3. The van der Waals surface area contributed by atoms with E-state index < -0.39 is 30.1 Å². The summed E-state index contributed by atoms with van der Waals surface area (Å²) in [5.41, 5.74) is 4.42. The van der Waals surface area contributed by atoms with Crippen LogP contribution in [0.1, 0.15) is 36.8 Å². The molecule has 2 atom stereocenters. The van der Waals surface area contributed by atoms with E-state index in [9.17, 15) is 14.4 Å². The molecule has 8 nitrogen and oxygen atoms in total. The van der Waals surface area contributed by atoms with E-state index in [0.29, 0.717) is 13.0 Å². The van der Waals surface area contributed by atoms with Crippen molar-refractivity contribution < 1.29 is 29.0 Å². The highest BCUT2D eigenvalue weighted by atomic mass is 16.5. The largest absolute Gasteiger partial charge is 0.480 e. The summed E-state index contributed by atoms with van der Waals surface area (Å²) in [4.78, 5) is 36.1. The van der Waals surface area contributed by atoms with E-state index in [-0.39, 0.29) is 18.9 Å². The molecule has 2 unspecified atom stereocenters. The van der Waals surface area contributed by atoms with Gasteiger partial charge in [-0.25, -0.2) is 4.79 Å². The number of carbonyl (C=O) groups is 3. The van der Waals surface area contributed by atoms with E-state index in [1.165, 1.54) is 6.92 Å². The Morgan fingerprint density at radius 3 is 2.16 bits per heavy atom. The van der Waals surface area contributed by atoms with Crippen LogP contribution in [0.4, 0.5) is 4.79 Å². The van der Waals surface area contributed by atoms with E-state index in [1.54, 1.807) is 7.11 Å². The molecule has 0 radical (unpaired) electrons. The highest BCUT2D eigenvalue weighted by Crippen LogP contribution is 2.44. The molecular weight excluding hydrogens is 412 g/mol. The van der Waals surface area contributed by atoms with Crippen LogP contribution in [0.2, 0.25) is 0 Å². The fourth-order valence-electron chi connectivity index (χ4n) is 3.86. The molecule has 2 aromatic rings. The Morgan fingerprint density at radius 2 is 1.59 bits per heavy atom. The summed E-state index contributed by atoms with van der Waals surface area (Å²) in [5, 5.41) is 14.0. The zero-order valence-electron chi connectivity index (χ0n) is 18.2. The number of methoxy groups -OCH3 is 1. The number of carboxylic acids is 1. The number of alkyl carbamates (subject to hydrolysis) is 1. The van der Waals surface area contributed by atoms with Crippen molar-refractivity contribution >= 4 is 18.0 Å². The van der Waals surface area contributed by atoms with Crippen molar-refractivity contribution in [3.63, 3.8) is 0 Å². The first kappa shape index (κ1) is 23.3. The molecule has 2 amide bonds. The number of hydrogen-bond donors (Lipinski definition) is 3. The molecule has 0 fully saturated rings. The molecule has 3 rings (SSSR count). The van der Waals surface area contributed by atoms with Crippen LogP contribution >= 0.6 is 0 Å². The minimum Gasteiger partial charge on any atom is -0.480 e. The smallest absolute Gasteiger partial charge is 0.407 e. The number of carbonyl (C=O) groups excluding carboxylic acids is 2. The number of amides is 2. The molecule has 2 aromatic carbocycles. The van der Waals surface area contributed by atoms with Gasteiger partial charge in [0.15, 0.2) is 0 Å². The lowest BCUT2D eigenvalue weighted by Crippen LogP contribution is -2.51. The minimum absolute atomic E-state index is 0.0963. The molecule has 1 aliphatic carbocycles. The van der Waals surface area contributed by atoms with Crippen LogP contribution in [0.25, 0.3) is 11.1 Å². The van der Waals surface area contributed by atoms with Crippen LogP contribution < -0.4 is 10.6 Å². The molecule has 0 heterocycles. The van der Waals surface area contributed by atoms with Crippen LogP contribution in [0.3, 0.4) is 0 Å². The average molecular weight is 440 g/mol. The second kappa shape index (κ2) is 10.8. The zero-order valence-corrected chi connectivity index (χ0v) is 18.2. The van der Waals surface area contributed by atoms with Gasteiger partial charge in [-0.05, 0) is 42.0 Å². The number of benzene rings is 2. The number of nitrogens with one attached hydrogen (secondary N) is 2. The lowest BCUT2D eigenvalue weighted by Gasteiger charge is -2.20. The Kier molecular flexibility index (Phi) is 7.83. The van der Waals surface area contributed by atoms with Gasteiger partial charge in [0.25, 0.3) is 0 Å². The van der Waals surface area contributed by atoms with Gasteiger partial charge in [0.1, 0.15) is 18.7 Å². The molecule has 1 aliphatic rings. The van der Waals surface area contributed by atoms with Crippen LogP contribution in [-0.4, -0.2) is 55.5 Å². The first-order chi connectivity index (χ1) is 15.4. The molecular formula is C24H28N2O6. The maximum absolute atomic E-state index is 12.5. The maximum atomic E-state index is 12.5. The number of hydrogen-bond acceptors (Lipinski definition) is 5. The molecule has 0 spiro atoms. The lowest BCUT2D eigenvalue weighted by molar-refractivity contribution is -0.141. The molecule has 32 heavy (non-hydrogen) atoms. The quantitative estimate of drug-likeness (QED) is 0.490. The Balaban J connectivity index is 1.64. The van der Waals surface area contributed by atoms with Gasteiger partial charge in [0, 0.05) is 19.6 Å². The van der Waals surface area contributed by atoms with Gasteiger partial charge in [-0.1, -0.05) is 48.5 Å². The summed E-state index contributed by atoms with van der Waals surface area (Å²) in [6.45, 7) is 1.89. The summed E-state index contributed by atoms with van der Waals surface area (Å²) in [6, 6.07) is 14.0.